The van der Waals surface area contributed by atoms with Gasteiger partial charge in [0.15, 0.2) is 0 Å². The number of pyridine rings is 1. The zero-order chi connectivity index (χ0) is 16.3. The molecule has 0 aliphatic rings. The Kier molecular flexibility index (Phi) is 5.22. The molecule has 22 heavy (non-hydrogen) atoms. The van der Waals surface area contributed by atoms with Gasteiger partial charge in [0.05, 0.1) is 5.69 Å². The fourth-order valence-corrected chi connectivity index (χ4v) is 2.79. The molecule has 0 spiro atoms. The Morgan fingerprint density at radius 1 is 1.18 bits per heavy atom. The molecule has 2 heterocycles. The molecule has 120 valence electrons. The number of rotatable bonds is 6. The third kappa shape index (κ3) is 3.49. The van der Waals surface area contributed by atoms with Gasteiger partial charge in [0.25, 0.3) is 5.91 Å². The van der Waals surface area contributed by atoms with Crippen molar-refractivity contribution in [1.82, 2.24) is 14.3 Å². The van der Waals surface area contributed by atoms with E-state index in [1.54, 1.807) is 0 Å². The van der Waals surface area contributed by atoms with Crippen LogP contribution in [-0.4, -0.2) is 33.3 Å². The van der Waals surface area contributed by atoms with Crippen molar-refractivity contribution in [3.8, 4) is 0 Å². The lowest BCUT2D eigenvalue weighted by atomic mass is 10.1. The largest absolute Gasteiger partial charge is 0.337 e. The number of aromatic nitrogens is 2. The maximum absolute atomic E-state index is 13.1. The second-order valence-corrected chi connectivity index (χ2v) is 6.69. The van der Waals surface area contributed by atoms with E-state index in [0.29, 0.717) is 11.8 Å². The Labute approximate surface area is 133 Å². The fraction of sp³-hybridized carbons (Fsp3) is 0.556. The highest BCUT2D eigenvalue weighted by Crippen LogP contribution is 2.17. The van der Waals surface area contributed by atoms with Crippen LogP contribution in [0.1, 0.15) is 50.8 Å². The summed E-state index contributed by atoms with van der Waals surface area (Å²) in [7, 11) is 0. The molecule has 0 fully saturated rings. The van der Waals surface area contributed by atoms with Gasteiger partial charge in [-0.05, 0) is 30.4 Å². The Bertz CT molecular complexity index is 633. The van der Waals surface area contributed by atoms with Crippen molar-refractivity contribution in [2.45, 2.75) is 41.0 Å². The molecule has 2 rings (SSSR count). The predicted octanol–water partition coefficient (Wildman–Crippen LogP) is 3.65. The lowest BCUT2D eigenvalue weighted by Gasteiger charge is -2.26. The van der Waals surface area contributed by atoms with Crippen molar-refractivity contribution in [3.63, 3.8) is 0 Å². The Balaban J connectivity index is 2.45. The summed E-state index contributed by atoms with van der Waals surface area (Å²) in [6.07, 6.45) is 2.69. The molecular formula is C18H27N3O. The summed E-state index contributed by atoms with van der Waals surface area (Å²) in [5, 5.41) is 0. The van der Waals surface area contributed by atoms with Crippen LogP contribution in [0.4, 0.5) is 0 Å². The van der Waals surface area contributed by atoms with Crippen molar-refractivity contribution in [3.05, 3.63) is 35.8 Å². The van der Waals surface area contributed by atoms with Gasteiger partial charge in [-0.1, -0.05) is 40.7 Å². The smallest absolute Gasteiger partial charge is 0.272 e. The van der Waals surface area contributed by atoms with E-state index in [9.17, 15) is 4.79 Å². The zero-order valence-electron chi connectivity index (χ0n) is 14.3. The number of aryl methyl sites for hydroxylation is 1. The highest BCUT2D eigenvalue weighted by molar-refractivity contribution is 5.94. The maximum atomic E-state index is 13.1. The maximum Gasteiger partial charge on any atom is 0.272 e. The number of amides is 1. The molecule has 4 heteroatoms. The van der Waals surface area contributed by atoms with Gasteiger partial charge in [0, 0.05) is 19.3 Å². The van der Waals surface area contributed by atoms with E-state index < -0.39 is 0 Å². The van der Waals surface area contributed by atoms with Crippen molar-refractivity contribution >= 4 is 11.6 Å². The van der Waals surface area contributed by atoms with Gasteiger partial charge in [0.1, 0.15) is 11.3 Å². The molecule has 0 bridgehead atoms. The predicted molar refractivity (Wildman–Crippen MR) is 90.1 cm³/mol. The molecule has 0 unspecified atom stereocenters. The molecule has 0 aliphatic carbocycles. The summed E-state index contributed by atoms with van der Waals surface area (Å²) in [5.41, 5.74) is 2.45. The van der Waals surface area contributed by atoms with Crippen LogP contribution in [0, 0.1) is 11.8 Å². The van der Waals surface area contributed by atoms with Gasteiger partial charge < -0.3 is 4.90 Å². The molecular weight excluding hydrogens is 274 g/mol. The topological polar surface area (TPSA) is 37.6 Å². The van der Waals surface area contributed by atoms with Crippen LogP contribution in [-0.2, 0) is 6.42 Å². The number of fused-ring (bicyclic) bond motifs is 1. The molecule has 0 aromatic carbocycles. The molecule has 0 saturated heterocycles. The average molecular weight is 301 g/mol. The molecule has 0 radical (unpaired) electrons. The first kappa shape index (κ1) is 16.5. The number of carbonyl (C=O) groups is 1. The summed E-state index contributed by atoms with van der Waals surface area (Å²) in [4.78, 5) is 19.7. The summed E-state index contributed by atoms with van der Waals surface area (Å²) in [6, 6.07) is 5.85. The molecule has 0 aliphatic heterocycles. The van der Waals surface area contributed by atoms with Crippen LogP contribution < -0.4 is 0 Å². The first-order chi connectivity index (χ1) is 10.4. The minimum Gasteiger partial charge on any atom is -0.337 e. The minimum atomic E-state index is 0.0953. The first-order valence-corrected chi connectivity index (χ1v) is 8.19. The van der Waals surface area contributed by atoms with Crippen molar-refractivity contribution in [2.75, 3.05) is 13.1 Å². The van der Waals surface area contributed by atoms with Crippen LogP contribution in [0.3, 0.4) is 0 Å². The Morgan fingerprint density at radius 2 is 1.82 bits per heavy atom. The first-order valence-electron chi connectivity index (χ1n) is 8.19. The van der Waals surface area contributed by atoms with Crippen LogP contribution in [0.25, 0.3) is 5.65 Å². The van der Waals surface area contributed by atoms with Crippen molar-refractivity contribution < 1.29 is 4.79 Å². The van der Waals surface area contributed by atoms with Gasteiger partial charge >= 0.3 is 0 Å². The lowest BCUT2D eigenvalue weighted by Crippen LogP contribution is -2.38. The molecule has 4 nitrogen and oxygen atoms in total. The van der Waals surface area contributed by atoms with E-state index in [2.05, 4.69) is 32.7 Å². The minimum absolute atomic E-state index is 0.0953. The number of hydrogen-bond acceptors (Lipinski definition) is 2. The van der Waals surface area contributed by atoms with Crippen LogP contribution in [0.15, 0.2) is 24.4 Å². The summed E-state index contributed by atoms with van der Waals surface area (Å²) >= 11 is 0. The molecule has 2 aromatic rings. The highest BCUT2D eigenvalue weighted by Gasteiger charge is 2.24. The van der Waals surface area contributed by atoms with Crippen LogP contribution in [0.2, 0.25) is 0 Å². The normalized spacial score (nSPS) is 11.6. The van der Waals surface area contributed by atoms with Crippen molar-refractivity contribution in [2.24, 2.45) is 11.8 Å². The summed E-state index contributed by atoms with van der Waals surface area (Å²) in [6.45, 7) is 12.2. The quantitative estimate of drug-likeness (QED) is 0.816. The molecule has 0 atom stereocenters. The average Bonchev–Trinajstić information content (AvgIpc) is 2.83. The number of carbonyl (C=O) groups excluding carboxylic acids is 1. The van der Waals surface area contributed by atoms with Gasteiger partial charge in [-0.3, -0.25) is 9.20 Å². The number of nitrogens with zero attached hydrogens (tertiary/aromatic N) is 3. The van der Waals surface area contributed by atoms with E-state index in [1.807, 2.05) is 40.6 Å². The van der Waals surface area contributed by atoms with Gasteiger partial charge in [0.2, 0.25) is 0 Å². The highest BCUT2D eigenvalue weighted by atomic mass is 16.2. The van der Waals surface area contributed by atoms with E-state index in [4.69, 9.17) is 0 Å². The standard InChI is InChI=1S/C18H27N3O/c1-6-15-17(21-10-8-7-9-16(21)19-15)18(22)20(11-13(2)3)12-14(4)5/h7-10,13-14H,6,11-12H2,1-5H3. The molecule has 0 N–H and O–H groups in total. The third-order valence-corrected chi connectivity index (χ3v) is 3.60. The second-order valence-electron chi connectivity index (χ2n) is 6.69. The number of hydrogen-bond donors (Lipinski definition) is 0. The van der Waals surface area contributed by atoms with Crippen LogP contribution in [0.5, 0.6) is 0 Å². The van der Waals surface area contributed by atoms with E-state index in [0.717, 1.165) is 36.5 Å². The van der Waals surface area contributed by atoms with E-state index in [1.165, 1.54) is 0 Å². The van der Waals surface area contributed by atoms with Crippen molar-refractivity contribution in [1.29, 1.82) is 0 Å². The second kappa shape index (κ2) is 6.95. The SMILES string of the molecule is CCc1nc2ccccn2c1C(=O)N(CC(C)C)CC(C)C. The third-order valence-electron chi connectivity index (χ3n) is 3.60. The molecule has 1 amide bonds. The van der Waals surface area contributed by atoms with Gasteiger partial charge in [-0.25, -0.2) is 4.98 Å². The Hall–Kier alpha value is -1.84. The Morgan fingerprint density at radius 3 is 2.36 bits per heavy atom. The molecule has 0 saturated carbocycles. The molecule has 2 aromatic heterocycles. The lowest BCUT2D eigenvalue weighted by molar-refractivity contribution is 0.0707. The number of imidazole rings is 1. The zero-order valence-corrected chi connectivity index (χ0v) is 14.3. The summed E-state index contributed by atoms with van der Waals surface area (Å²) in [5.74, 6) is 0.997. The monoisotopic (exact) mass is 301 g/mol. The van der Waals surface area contributed by atoms with E-state index in [-0.39, 0.29) is 5.91 Å². The fourth-order valence-electron chi connectivity index (χ4n) is 2.79. The van der Waals surface area contributed by atoms with Crippen LogP contribution >= 0.6 is 0 Å². The van der Waals surface area contributed by atoms with Gasteiger partial charge in [-0.2, -0.15) is 0 Å². The van der Waals surface area contributed by atoms with Gasteiger partial charge in [-0.15, -0.1) is 0 Å². The van der Waals surface area contributed by atoms with E-state index >= 15 is 0 Å². The summed E-state index contributed by atoms with van der Waals surface area (Å²) < 4.78 is 1.93.